The molecule has 234 valence electrons. The largest absolute Gasteiger partial charge is 0.492 e. The summed E-state index contributed by atoms with van der Waals surface area (Å²) in [7, 11) is -1.31. The first-order valence-electron chi connectivity index (χ1n) is 14.1. The van der Waals surface area contributed by atoms with Gasteiger partial charge in [-0.25, -0.2) is 9.48 Å². The number of halogens is 4. The van der Waals surface area contributed by atoms with Crippen LogP contribution in [0.25, 0.3) is 22.0 Å². The van der Waals surface area contributed by atoms with E-state index in [0.717, 1.165) is 6.04 Å². The third kappa shape index (κ3) is 9.17. The predicted octanol–water partition coefficient (Wildman–Crippen LogP) is 8.05. The number of nitrogens with one attached hydrogen (secondary N) is 1. The number of fused-ring (bicyclic) bond motifs is 1. The standard InChI is InChI=1S/C32H35F4N3O4Si/c1-44(2,3)18-17-42-21-39-28-14-11-24(19-26(28)30(33)38-39)29(27(20-32(34,35)36)22-7-5-4-6-8-22)23-9-12-25(13-10-23)43-16-15-37-31(40)41/h4-14,19,37H,15-18,20-21H2,1-3H3,(H,40,41). The molecule has 0 spiro atoms. The Morgan fingerprint density at radius 3 is 2.27 bits per heavy atom. The fraction of sp³-hybridized carbons (Fsp3) is 0.312. The third-order valence-electron chi connectivity index (χ3n) is 6.80. The van der Waals surface area contributed by atoms with Gasteiger partial charge in [0, 0.05) is 14.7 Å². The van der Waals surface area contributed by atoms with E-state index in [1.165, 1.54) is 10.7 Å². The number of allylic oxidation sites excluding steroid dienone is 1. The van der Waals surface area contributed by atoms with Crippen LogP contribution in [0.5, 0.6) is 5.75 Å². The number of rotatable bonds is 13. The molecular formula is C32H35F4N3O4Si. The van der Waals surface area contributed by atoms with Crippen LogP contribution in [-0.4, -0.2) is 55.0 Å². The molecule has 0 aliphatic rings. The van der Waals surface area contributed by atoms with Crippen LogP contribution in [0.15, 0.2) is 72.8 Å². The smallest absolute Gasteiger partial charge is 0.404 e. The number of alkyl halides is 3. The second kappa shape index (κ2) is 14.1. The molecule has 12 heteroatoms. The van der Waals surface area contributed by atoms with Crippen molar-refractivity contribution in [2.75, 3.05) is 19.8 Å². The number of aromatic nitrogens is 2. The van der Waals surface area contributed by atoms with E-state index < -0.39 is 32.7 Å². The van der Waals surface area contributed by atoms with Crippen molar-refractivity contribution in [3.05, 3.63) is 95.4 Å². The fourth-order valence-electron chi connectivity index (χ4n) is 4.66. The van der Waals surface area contributed by atoms with Gasteiger partial charge in [-0.2, -0.15) is 17.6 Å². The number of nitrogens with zero attached hydrogens (tertiary/aromatic N) is 2. The highest BCUT2D eigenvalue weighted by Gasteiger charge is 2.32. The molecule has 0 aliphatic carbocycles. The van der Waals surface area contributed by atoms with Gasteiger partial charge in [-0.3, -0.25) is 0 Å². The number of ether oxygens (including phenoxy) is 2. The van der Waals surface area contributed by atoms with Crippen molar-refractivity contribution in [2.24, 2.45) is 0 Å². The molecule has 2 N–H and O–H groups in total. The second-order valence-corrected chi connectivity index (χ2v) is 17.1. The van der Waals surface area contributed by atoms with Gasteiger partial charge in [-0.15, -0.1) is 5.10 Å². The van der Waals surface area contributed by atoms with Gasteiger partial charge in [0.25, 0.3) is 0 Å². The van der Waals surface area contributed by atoms with E-state index in [4.69, 9.17) is 14.6 Å². The van der Waals surface area contributed by atoms with E-state index in [0.29, 0.717) is 34.6 Å². The lowest BCUT2D eigenvalue weighted by Gasteiger charge is -2.19. The molecule has 1 aromatic heterocycles. The zero-order valence-corrected chi connectivity index (χ0v) is 25.7. The summed E-state index contributed by atoms with van der Waals surface area (Å²) >= 11 is 0. The lowest BCUT2D eigenvalue weighted by Crippen LogP contribution is -2.26. The summed E-state index contributed by atoms with van der Waals surface area (Å²) in [5.41, 5.74) is 2.01. The summed E-state index contributed by atoms with van der Waals surface area (Å²) in [5, 5.41) is 15.1. The first-order chi connectivity index (χ1) is 20.8. The molecular weight excluding hydrogens is 594 g/mol. The molecule has 0 saturated carbocycles. The van der Waals surface area contributed by atoms with Crippen molar-refractivity contribution in [1.82, 2.24) is 15.1 Å². The predicted molar refractivity (Wildman–Crippen MR) is 165 cm³/mol. The molecule has 0 fully saturated rings. The van der Waals surface area contributed by atoms with Crippen molar-refractivity contribution in [1.29, 1.82) is 0 Å². The molecule has 1 amide bonds. The van der Waals surface area contributed by atoms with Gasteiger partial charge in [-0.1, -0.05) is 68.2 Å². The van der Waals surface area contributed by atoms with Gasteiger partial charge in [0.05, 0.1) is 23.9 Å². The molecule has 0 bridgehead atoms. The molecule has 0 unspecified atom stereocenters. The molecule has 4 rings (SSSR count). The van der Waals surface area contributed by atoms with Gasteiger partial charge >= 0.3 is 12.3 Å². The number of benzene rings is 3. The average Bonchev–Trinajstić information content (AvgIpc) is 3.27. The summed E-state index contributed by atoms with van der Waals surface area (Å²) in [6.07, 6.45) is -6.91. The lowest BCUT2D eigenvalue weighted by molar-refractivity contribution is -0.122. The minimum absolute atomic E-state index is 0.0271. The summed E-state index contributed by atoms with van der Waals surface area (Å²) < 4.78 is 70.0. The van der Waals surface area contributed by atoms with Gasteiger partial charge in [0.15, 0.2) is 0 Å². The molecule has 0 atom stereocenters. The molecule has 1 heterocycles. The lowest BCUT2D eigenvalue weighted by atomic mass is 9.87. The van der Waals surface area contributed by atoms with Crippen molar-refractivity contribution in [3.8, 4) is 5.75 Å². The van der Waals surface area contributed by atoms with Crippen LogP contribution in [0.1, 0.15) is 23.1 Å². The SMILES string of the molecule is C[Si](C)(C)CCOCn1nc(F)c2cc(C(=C(CC(F)(F)F)c3ccccc3)c3ccc(OCCNC(=O)O)cc3)ccc21. The number of carboxylic acid groups (broad SMARTS) is 1. The van der Waals surface area contributed by atoms with E-state index >= 15 is 4.39 Å². The summed E-state index contributed by atoms with van der Waals surface area (Å²) in [6, 6.07) is 20.5. The number of hydrogen-bond acceptors (Lipinski definition) is 4. The maximum absolute atomic E-state index is 15.2. The van der Waals surface area contributed by atoms with E-state index in [1.54, 1.807) is 66.7 Å². The van der Waals surface area contributed by atoms with Crippen LogP contribution < -0.4 is 10.1 Å². The van der Waals surface area contributed by atoms with E-state index in [1.807, 2.05) is 0 Å². The zero-order chi connectivity index (χ0) is 31.9. The van der Waals surface area contributed by atoms with Crippen LogP contribution in [-0.2, 0) is 11.5 Å². The summed E-state index contributed by atoms with van der Waals surface area (Å²) in [6.45, 7) is 7.41. The quantitative estimate of drug-likeness (QED) is 0.0677. The van der Waals surface area contributed by atoms with Gasteiger partial charge < -0.3 is 19.9 Å². The summed E-state index contributed by atoms with van der Waals surface area (Å²) in [4.78, 5) is 10.7. The molecule has 0 saturated heterocycles. The Kier molecular flexibility index (Phi) is 10.5. The maximum atomic E-state index is 15.2. The van der Waals surface area contributed by atoms with E-state index in [-0.39, 0.29) is 36.4 Å². The average molecular weight is 630 g/mol. The molecule has 3 aromatic carbocycles. The van der Waals surface area contributed by atoms with Gasteiger partial charge in [0.2, 0.25) is 5.95 Å². The second-order valence-electron chi connectivity index (χ2n) is 11.5. The Hall–Kier alpha value is -4.16. The Bertz CT molecular complexity index is 1600. The highest BCUT2D eigenvalue weighted by molar-refractivity contribution is 6.76. The Morgan fingerprint density at radius 2 is 1.64 bits per heavy atom. The molecule has 44 heavy (non-hydrogen) atoms. The molecule has 4 aromatic rings. The van der Waals surface area contributed by atoms with Crippen LogP contribution in [0.3, 0.4) is 0 Å². The van der Waals surface area contributed by atoms with Crippen LogP contribution in [0, 0.1) is 5.95 Å². The van der Waals surface area contributed by atoms with Crippen LogP contribution in [0.2, 0.25) is 25.7 Å². The molecule has 7 nitrogen and oxygen atoms in total. The monoisotopic (exact) mass is 629 g/mol. The summed E-state index contributed by atoms with van der Waals surface area (Å²) in [5.74, 6) is -0.333. The van der Waals surface area contributed by atoms with Crippen LogP contribution >= 0.6 is 0 Å². The Balaban J connectivity index is 1.76. The topological polar surface area (TPSA) is 85.6 Å². The third-order valence-corrected chi connectivity index (χ3v) is 8.50. The number of carbonyl (C=O) groups is 1. The molecule has 0 radical (unpaired) electrons. The van der Waals surface area contributed by atoms with Gasteiger partial charge in [0.1, 0.15) is 19.1 Å². The Labute approximate surface area is 254 Å². The Morgan fingerprint density at radius 1 is 0.955 bits per heavy atom. The normalized spacial score (nSPS) is 12.7. The first kappa shape index (κ1) is 32.7. The number of hydrogen-bond donors (Lipinski definition) is 2. The van der Waals surface area contributed by atoms with E-state index in [2.05, 4.69) is 30.1 Å². The van der Waals surface area contributed by atoms with Crippen LogP contribution in [0.4, 0.5) is 22.4 Å². The minimum atomic E-state index is -4.52. The zero-order valence-electron chi connectivity index (χ0n) is 24.7. The highest BCUT2D eigenvalue weighted by Crippen LogP contribution is 2.40. The first-order valence-corrected chi connectivity index (χ1v) is 17.8. The fourth-order valence-corrected chi connectivity index (χ4v) is 5.41. The van der Waals surface area contributed by atoms with E-state index in [9.17, 15) is 18.0 Å². The van der Waals surface area contributed by atoms with Crippen molar-refractivity contribution < 1.29 is 36.9 Å². The van der Waals surface area contributed by atoms with Gasteiger partial charge in [-0.05, 0) is 58.1 Å². The highest BCUT2D eigenvalue weighted by atomic mass is 28.3. The maximum Gasteiger partial charge on any atom is 0.404 e. The van der Waals surface area contributed by atoms with Crippen molar-refractivity contribution in [2.45, 2.75) is 45.0 Å². The molecule has 0 aliphatic heterocycles. The van der Waals surface area contributed by atoms with Crippen molar-refractivity contribution >= 4 is 36.2 Å². The van der Waals surface area contributed by atoms with Crippen molar-refractivity contribution in [3.63, 3.8) is 0 Å². The number of amides is 1. The minimum Gasteiger partial charge on any atom is -0.492 e.